The first-order chi connectivity index (χ1) is 14.6. The minimum atomic E-state index is -0.314. The first-order valence-corrected chi connectivity index (χ1v) is 11.6. The Bertz CT molecular complexity index is 714. The standard InChI is InChI=1S/C22H35FN6O/c23-20-21(25-12-16-8-10-28(11-9-16)14-19(24)30)26-15-27-22(20)29(18-6-7-18)13-17-4-2-1-3-5-17/h15-18H,1-14H2,(H2,24,30)(H,25,26,27). The predicted octanol–water partition coefficient (Wildman–Crippen LogP) is 2.77. The molecular formula is C22H35FN6O. The van der Waals surface area contributed by atoms with Crippen molar-refractivity contribution in [3.63, 3.8) is 0 Å². The molecule has 0 spiro atoms. The molecule has 1 saturated heterocycles. The summed E-state index contributed by atoms with van der Waals surface area (Å²) in [6.45, 7) is 3.62. The molecule has 8 heteroatoms. The molecule has 30 heavy (non-hydrogen) atoms. The first-order valence-electron chi connectivity index (χ1n) is 11.6. The van der Waals surface area contributed by atoms with Crippen molar-refractivity contribution in [1.29, 1.82) is 0 Å². The van der Waals surface area contributed by atoms with Gasteiger partial charge in [0.25, 0.3) is 0 Å². The van der Waals surface area contributed by atoms with Crippen LogP contribution >= 0.6 is 0 Å². The molecule has 0 aromatic carbocycles. The maximum Gasteiger partial charge on any atom is 0.231 e. The summed E-state index contributed by atoms with van der Waals surface area (Å²) in [5.74, 6) is 1.28. The normalized spacial score (nSPS) is 21.5. The van der Waals surface area contributed by atoms with Crippen molar-refractivity contribution in [2.75, 3.05) is 42.9 Å². The molecular weight excluding hydrogens is 383 g/mol. The summed E-state index contributed by atoms with van der Waals surface area (Å²) in [6.07, 6.45) is 12.1. The van der Waals surface area contributed by atoms with E-state index in [9.17, 15) is 4.79 Å². The van der Waals surface area contributed by atoms with E-state index in [1.807, 2.05) is 0 Å². The van der Waals surface area contributed by atoms with Crippen LogP contribution in [0.15, 0.2) is 6.33 Å². The molecule has 2 heterocycles. The van der Waals surface area contributed by atoms with E-state index in [-0.39, 0.29) is 11.7 Å². The van der Waals surface area contributed by atoms with E-state index in [1.165, 1.54) is 38.4 Å². The van der Waals surface area contributed by atoms with Crippen LogP contribution in [-0.2, 0) is 4.79 Å². The second-order valence-corrected chi connectivity index (χ2v) is 9.31. The van der Waals surface area contributed by atoms with Crippen LogP contribution in [0.25, 0.3) is 0 Å². The molecule has 1 aliphatic heterocycles. The Morgan fingerprint density at radius 3 is 2.50 bits per heavy atom. The van der Waals surface area contributed by atoms with Crippen molar-refractivity contribution < 1.29 is 9.18 Å². The fourth-order valence-electron chi connectivity index (χ4n) is 4.94. The molecule has 4 rings (SSSR count). The third-order valence-corrected chi connectivity index (χ3v) is 6.86. The lowest BCUT2D eigenvalue weighted by Crippen LogP contribution is -2.40. The topological polar surface area (TPSA) is 87.4 Å². The summed E-state index contributed by atoms with van der Waals surface area (Å²) in [5, 5.41) is 3.23. The molecule has 1 aromatic heterocycles. The highest BCUT2D eigenvalue weighted by molar-refractivity contribution is 5.75. The van der Waals surface area contributed by atoms with Gasteiger partial charge in [-0.1, -0.05) is 19.3 Å². The van der Waals surface area contributed by atoms with Gasteiger partial charge in [0.05, 0.1) is 6.54 Å². The number of nitrogens with one attached hydrogen (secondary N) is 1. The Morgan fingerprint density at radius 2 is 1.83 bits per heavy atom. The number of halogens is 1. The molecule has 1 aromatic rings. The van der Waals surface area contributed by atoms with Crippen LogP contribution in [0.5, 0.6) is 0 Å². The minimum Gasteiger partial charge on any atom is -0.369 e. The second kappa shape index (κ2) is 9.90. The Labute approximate surface area is 178 Å². The smallest absolute Gasteiger partial charge is 0.231 e. The van der Waals surface area contributed by atoms with E-state index in [2.05, 4.69) is 25.1 Å². The van der Waals surface area contributed by atoms with Gasteiger partial charge in [0.15, 0.2) is 11.6 Å². The lowest BCUT2D eigenvalue weighted by atomic mass is 9.89. The minimum absolute atomic E-state index is 0.282. The Kier molecular flexibility index (Phi) is 7.02. The van der Waals surface area contributed by atoms with Gasteiger partial charge in [0.1, 0.15) is 6.33 Å². The van der Waals surface area contributed by atoms with E-state index >= 15 is 4.39 Å². The molecule has 0 radical (unpaired) electrons. The van der Waals surface area contributed by atoms with Gasteiger partial charge in [-0.05, 0) is 63.5 Å². The maximum atomic E-state index is 15.3. The number of rotatable bonds is 9. The number of aromatic nitrogens is 2. The summed E-state index contributed by atoms with van der Waals surface area (Å²) in [7, 11) is 0. The zero-order valence-corrected chi connectivity index (χ0v) is 17.9. The number of hydrogen-bond acceptors (Lipinski definition) is 6. The number of hydrogen-bond donors (Lipinski definition) is 2. The van der Waals surface area contributed by atoms with Crippen LogP contribution < -0.4 is 16.0 Å². The van der Waals surface area contributed by atoms with Crippen molar-refractivity contribution in [1.82, 2.24) is 14.9 Å². The molecule has 166 valence electrons. The van der Waals surface area contributed by atoms with Crippen molar-refractivity contribution in [3.05, 3.63) is 12.1 Å². The highest BCUT2D eigenvalue weighted by Gasteiger charge is 2.34. The number of nitrogens with two attached hydrogens (primary N) is 1. The lowest BCUT2D eigenvalue weighted by Gasteiger charge is -2.32. The molecule has 7 nitrogen and oxygen atoms in total. The fraction of sp³-hybridized carbons (Fsp3) is 0.773. The number of primary amides is 1. The van der Waals surface area contributed by atoms with Gasteiger partial charge in [0.2, 0.25) is 11.7 Å². The summed E-state index contributed by atoms with van der Waals surface area (Å²) in [5.41, 5.74) is 5.28. The van der Waals surface area contributed by atoms with E-state index in [4.69, 9.17) is 5.73 Å². The average molecular weight is 419 g/mol. The molecule has 3 fully saturated rings. The van der Waals surface area contributed by atoms with Crippen molar-refractivity contribution >= 4 is 17.5 Å². The Balaban J connectivity index is 1.35. The zero-order chi connectivity index (χ0) is 20.9. The van der Waals surface area contributed by atoms with Crippen molar-refractivity contribution in [2.24, 2.45) is 17.6 Å². The van der Waals surface area contributed by atoms with Gasteiger partial charge in [0, 0.05) is 19.1 Å². The highest BCUT2D eigenvalue weighted by atomic mass is 19.1. The quantitative estimate of drug-likeness (QED) is 0.641. The molecule has 1 amide bonds. The first kappa shape index (κ1) is 21.3. The SMILES string of the molecule is NC(=O)CN1CCC(CNc2ncnc(N(CC3CCCCC3)C3CC3)c2F)CC1. The number of anilines is 2. The van der Waals surface area contributed by atoms with Gasteiger partial charge < -0.3 is 16.0 Å². The Hall–Kier alpha value is -1.96. The predicted molar refractivity (Wildman–Crippen MR) is 116 cm³/mol. The maximum absolute atomic E-state index is 15.3. The van der Waals surface area contributed by atoms with E-state index < -0.39 is 0 Å². The van der Waals surface area contributed by atoms with Crippen LogP contribution in [0, 0.1) is 17.7 Å². The molecule has 3 aliphatic rings. The molecule has 0 bridgehead atoms. The number of amides is 1. The average Bonchev–Trinajstić information content (AvgIpc) is 3.58. The lowest BCUT2D eigenvalue weighted by molar-refractivity contribution is -0.119. The zero-order valence-electron chi connectivity index (χ0n) is 17.9. The van der Waals surface area contributed by atoms with Crippen LogP contribution in [0.3, 0.4) is 0 Å². The number of nitrogens with zero attached hydrogens (tertiary/aromatic N) is 4. The van der Waals surface area contributed by atoms with Crippen molar-refractivity contribution in [2.45, 2.75) is 63.8 Å². The fourth-order valence-corrected chi connectivity index (χ4v) is 4.94. The molecule has 2 saturated carbocycles. The van der Waals surface area contributed by atoms with Crippen LogP contribution in [0.4, 0.5) is 16.0 Å². The van der Waals surface area contributed by atoms with Crippen molar-refractivity contribution in [3.8, 4) is 0 Å². The largest absolute Gasteiger partial charge is 0.369 e. The monoisotopic (exact) mass is 418 g/mol. The summed E-state index contributed by atoms with van der Waals surface area (Å²) < 4.78 is 15.3. The third-order valence-electron chi connectivity index (χ3n) is 6.86. The summed E-state index contributed by atoms with van der Waals surface area (Å²) in [4.78, 5) is 23.9. The number of carbonyl (C=O) groups is 1. The summed E-state index contributed by atoms with van der Waals surface area (Å²) in [6, 6.07) is 0.429. The van der Waals surface area contributed by atoms with E-state index in [0.29, 0.717) is 42.6 Å². The van der Waals surface area contributed by atoms with E-state index in [1.54, 1.807) is 0 Å². The number of likely N-dealkylation sites (tertiary alicyclic amines) is 1. The molecule has 0 unspecified atom stereocenters. The second-order valence-electron chi connectivity index (χ2n) is 9.31. The van der Waals surface area contributed by atoms with Gasteiger partial charge in [-0.3, -0.25) is 9.69 Å². The number of carbonyl (C=O) groups excluding carboxylic acids is 1. The van der Waals surface area contributed by atoms with Gasteiger partial charge in [-0.2, -0.15) is 4.39 Å². The van der Waals surface area contributed by atoms with Crippen LogP contribution in [0.2, 0.25) is 0 Å². The molecule has 3 N–H and O–H groups in total. The van der Waals surface area contributed by atoms with Crippen LogP contribution in [-0.4, -0.2) is 59.5 Å². The van der Waals surface area contributed by atoms with E-state index in [0.717, 1.165) is 45.3 Å². The van der Waals surface area contributed by atoms with Gasteiger partial charge in [-0.15, -0.1) is 0 Å². The summed E-state index contributed by atoms with van der Waals surface area (Å²) >= 11 is 0. The number of piperidine rings is 1. The molecule has 0 atom stereocenters. The van der Waals surface area contributed by atoms with Gasteiger partial charge in [-0.25, -0.2) is 9.97 Å². The Morgan fingerprint density at radius 1 is 1.10 bits per heavy atom. The molecule has 2 aliphatic carbocycles. The highest BCUT2D eigenvalue weighted by Crippen LogP contribution is 2.36. The van der Waals surface area contributed by atoms with Gasteiger partial charge >= 0.3 is 0 Å². The van der Waals surface area contributed by atoms with Crippen LogP contribution in [0.1, 0.15) is 57.8 Å². The third kappa shape index (κ3) is 5.59.